The highest BCUT2D eigenvalue weighted by Gasteiger charge is 2.43. The number of hydrogen-bond donors (Lipinski definition) is 2. The van der Waals surface area contributed by atoms with Gasteiger partial charge in [-0.15, -0.1) is 0 Å². The van der Waals surface area contributed by atoms with E-state index in [0.717, 1.165) is 56.5 Å². The van der Waals surface area contributed by atoms with Crippen molar-refractivity contribution in [1.29, 1.82) is 0 Å². The Balaban J connectivity index is 1.38. The van der Waals surface area contributed by atoms with Crippen LogP contribution in [0.5, 0.6) is 0 Å². The zero-order chi connectivity index (χ0) is 24.0. The fraction of sp³-hybridized carbons (Fsp3) is 0.433. The van der Waals surface area contributed by atoms with Crippen LogP contribution >= 0.6 is 0 Å². The molecule has 0 radical (unpaired) electrons. The quantitative estimate of drug-likeness (QED) is 0.474. The fourth-order valence-corrected chi connectivity index (χ4v) is 5.93. The SMILES string of the molecule is Cc1cc(C#CC2CC2)c(CN2CCC3(CCCO3)CC2c2ccc(C(=O)O)cc2)c2cc[nH]c12. The molecule has 6 rings (SSSR count). The highest BCUT2D eigenvalue weighted by molar-refractivity contribution is 5.88. The number of hydrogen-bond acceptors (Lipinski definition) is 3. The number of nitrogens with one attached hydrogen (secondary N) is 1. The van der Waals surface area contributed by atoms with Gasteiger partial charge in [-0.2, -0.15) is 0 Å². The molecule has 1 aromatic heterocycles. The molecule has 3 aromatic rings. The Morgan fingerprint density at radius 1 is 1.23 bits per heavy atom. The molecule has 1 aliphatic carbocycles. The van der Waals surface area contributed by atoms with Gasteiger partial charge in [-0.25, -0.2) is 4.79 Å². The molecule has 2 atom stereocenters. The first-order chi connectivity index (χ1) is 17.0. The van der Waals surface area contributed by atoms with Crippen molar-refractivity contribution in [1.82, 2.24) is 9.88 Å². The highest BCUT2D eigenvalue weighted by atomic mass is 16.5. The van der Waals surface area contributed by atoms with Crippen molar-refractivity contribution >= 4 is 16.9 Å². The molecule has 3 heterocycles. The van der Waals surface area contributed by atoms with Gasteiger partial charge in [0.15, 0.2) is 0 Å². The van der Waals surface area contributed by atoms with Crippen LogP contribution in [-0.2, 0) is 11.3 Å². The molecule has 5 nitrogen and oxygen atoms in total. The number of ether oxygens (including phenoxy) is 1. The Labute approximate surface area is 206 Å². The minimum Gasteiger partial charge on any atom is -0.478 e. The smallest absolute Gasteiger partial charge is 0.335 e. The summed E-state index contributed by atoms with van der Waals surface area (Å²) in [6, 6.07) is 12.0. The minimum atomic E-state index is -0.888. The number of aromatic amines is 1. The first-order valence-corrected chi connectivity index (χ1v) is 12.8. The van der Waals surface area contributed by atoms with E-state index >= 15 is 0 Å². The van der Waals surface area contributed by atoms with Crippen LogP contribution in [0, 0.1) is 24.7 Å². The monoisotopic (exact) mass is 468 g/mol. The zero-order valence-electron chi connectivity index (χ0n) is 20.3. The van der Waals surface area contributed by atoms with E-state index in [1.54, 1.807) is 12.1 Å². The van der Waals surface area contributed by atoms with Crippen LogP contribution in [0.4, 0.5) is 0 Å². The Morgan fingerprint density at radius 2 is 2.06 bits per heavy atom. The first kappa shape index (κ1) is 22.4. The molecule has 180 valence electrons. The molecule has 35 heavy (non-hydrogen) atoms. The predicted octanol–water partition coefficient (Wildman–Crippen LogP) is 5.82. The number of H-pyrrole nitrogens is 1. The number of aromatic nitrogens is 1. The molecule has 2 aromatic carbocycles. The average molecular weight is 469 g/mol. The lowest BCUT2D eigenvalue weighted by Crippen LogP contribution is -2.45. The summed E-state index contributed by atoms with van der Waals surface area (Å²) in [6.45, 7) is 4.75. The largest absolute Gasteiger partial charge is 0.478 e. The molecule has 0 bridgehead atoms. The van der Waals surface area contributed by atoms with E-state index in [-0.39, 0.29) is 11.6 Å². The number of aromatic carboxylic acids is 1. The van der Waals surface area contributed by atoms with Gasteiger partial charge in [0.1, 0.15) is 0 Å². The van der Waals surface area contributed by atoms with Gasteiger partial charge in [-0.1, -0.05) is 24.0 Å². The summed E-state index contributed by atoms with van der Waals surface area (Å²) in [5.74, 6) is 6.68. The maximum Gasteiger partial charge on any atom is 0.335 e. The second-order valence-corrected chi connectivity index (χ2v) is 10.5. The summed E-state index contributed by atoms with van der Waals surface area (Å²) < 4.78 is 6.31. The molecule has 1 saturated carbocycles. The van der Waals surface area contributed by atoms with Gasteiger partial charge < -0.3 is 14.8 Å². The van der Waals surface area contributed by atoms with Crippen LogP contribution in [0.3, 0.4) is 0 Å². The summed E-state index contributed by atoms with van der Waals surface area (Å²) in [7, 11) is 0. The van der Waals surface area contributed by atoms with E-state index in [1.807, 2.05) is 18.3 Å². The number of carbonyl (C=O) groups is 1. The van der Waals surface area contributed by atoms with E-state index in [9.17, 15) is 9.90 Å². The lowest BCUT2D eigenvalue weighted by atomic mass is 9.81. The Bertz CT molecular complexity index is 1320. The van der Waals surface area contributed by atoms with Gasteiger partial charge >= 0.3 is 5.97 Å². The van der Waals surface area contributed by atoms with E-state index in [2.05, 4.69) is 40.8 Å². The molecule has 3 fully saturated rings. The van der Waals surface area contributed by atoms with Crippen molar-refractivity contribution in [2.24, 2.45) is 5.92 Å². The lowest BCUT2D eigenvalue weighted by Gasteiger charge is -2.45. The maximum atomic E-state index is 11.4. The maximum absolute atomic E-state index is 11.4. The normalized spacial score (nSPS) is 24.5. The number of aryl methyl sites for hydroxylation is 1. The molecule has 2 unspecified atom stereocenters. The summed E-state index contributed by atoms with van der Waals surface area (Å²) in [5, 5.41) is 10.6. The Kier molecular flexibility index (Phi) is 5.67. The van der Waals surface area contributed by atoms with Crippen molar-refractivity contribution in [2.45, 2.75) is 63.6 Å². The van der Waals surface area contributed by atoms with Gasteiger partial charge in [0.2, 0.25) is 0 Å². The molecule has 1 spiro atoms. The van der Waals surface area contributed by atoms with Crippen LogP contribution < -0.4 is 0 Å². The molecule has 5 heteroatoms. The zero-order valence-corrected chi connectivity index (χ0v) is 20.3. The summed E-state index contributed by atoms with van der Waals surface area (Å²) in [6.07, 6.45) is 8.65. The van der Waals surface area contributed by atoms with Gasteiger partial charge in [-0.05, 0) is 86.4 Å². The van der Waals surface area contributed by atoms with Crippen LogP contribution in [0.1, 0.15) is 77.2 Å². The van der Waals surface area contributed by atoms with E-state index in [1.165, 1.54) is 34.9 Å². The third-order valence-corrected chi connectivity index (χ3v) is 8.09. The van der Waals surface area contributed by atoms with E-state index in [0.29, 0.717) is 11.5 Å². The number of piperidine rings is 1. The first-order valence-electron chi connectivity index (χ1n) is 12.8. The molecule has 2 N–H and O–H groups in total. The molecule has 2 saturated heterocycles. The number of rotatable bonds is 4. The topological polar surface area (TPSA) is 65.6 Å². The van der Waals surface area contributed by atoms with Gasteiger partial charge in [0, 0.05) is 54.3 Å². The van der Waals surface area contributed by atoms with Gasteiger partial charge in [0.25, 0.3) is 0 Å². The number of nitrogens with zero attached hydrogens (tertiary/aromatic N) is 1. The second kappa shape index (κ2) is 8.86. The summed E-state index contributed by atoms with van der Waals surface area (Å²) in [5.41, 5.74) is 6.27. The summed E-state index contributed by atoms with van der Waals surface area (Å²) in [4.78, 5) is 17.4. The second-order valence-electron chi connectivity index (χ2n) is 10.5. The standard InChI is InChI=1S/C30H32N2O3/c1-20-17-24(6-5-21-3-4-21)26(25-11-14-31-28(20)25)19-32-15-13-30(12-2-16-35-30)18-27(32)22-7-9-23(10-8-22)29(33)34/h7-11,14,17,21,27,31H,2-4,12-13,15-16,18-19H2,1H3,(H,33,34). The van der Waals surface area contributed by atoms with Crippen molar-refractivity contribution in [3.05, 3.63) is 70.4 Å². The number of benzene rings is 2. The Hall–Kier alpha value is -3.07. The van der Waals surface area contributed by atoms with Crippen LogP contribution in [0.2, 0.25) is 0 Å². The van der Waals surface area contributed by atoms with Crippen LogP contribution in [0.25, 0.3) is 10.9 Å². The van der Waals surface area contributed by atoms with Gasteiger partial charge in [-0.3, -0.25) is 4.90 Å². The third kappa shape index (κ3) is 4.37. The minimum absolute atomic E-state index is 0.0576. The van der Waals surface area contributed by atoms with Crippen LogP contribution in [-0.4, -0.2) is 39.7 Å². The molecule has 3 aliphatic rings. The molecule has 0 amide bonds. The number of carboxylic acids is 1. The Morgan fingerprint density at radius 3 is 2.77 bits per heavy atom. The summed E-state index contributed by atoms with van der Waals surface area (Å²) >= 11 is 0. The van der Waals surface area contributed by atoms with Crippen molar-refractivity contribution in [3.8, 4) is 11.8 Å². The van der Waals surface area contributed by atoms with Crippen molar-refractivity contribution in [2.75, 3.05) is 13.2 Å². The fourth-order valence-electron chi connectivity index (χ4n) is 5.93. The predicted molar refractivity (Wildman–Crippen MR) is 136 cm³/mol. The van der Waals surface area contributed by atoms with Crippen LogP contribution in [0.15, 0.2) is 42.6 Å². The number of likely N-dealkylation sites (tertiary alicyclic amines) is 1. The molecule has 2 aliphatic heterocycles. The number of fused-ring (bicyclic) bond motifs is 1. The van der Waals surface area contributed by atoms with E-state index < -0.39 is 5.97 Å². The lowest BCUT2D eigenvalue weighted by molar-refractivity contribution is -0.0675. The van der Waals surface area contributed by atoms with Crippen molar-refractivity contribution < 1.29 is 14.6 Å². The number of carboxylic acid groups (broad SMARTS) is 1. The molecular weight excluding hydrogens is 436 g/mol. The van der Waals surface area contributed by atoms with Crippen molar-refractivity contribution in [3.63, 3.8) is 0 Å². The third-order valence-electron chi connectivity index (χ3n) is 8.09. The van der Waals surface area contributed by atoms with E-state index in [4.69, 9.17) is 4.74 Å². The molecular formula is C30H32N2O3. The highest BCUT2D eigenvalue weighted by Crippen LogP contribution is 2.45. The average Bonchev–Trinajstić information content (AvgIpc) is 3.36. The van der Waals surface area contributed by atoms with Gasteiger partial charge in [0.05, 0.1) is 11.2 Å².